The molecule has 6 aromatic rings. The fraction of sp³-hybridized carbons (Fsp3) is 0.0667. The summed E-state index contributed by atoms with van der Waals surface area (Å²) in [4.78, 5) is 11.4. The minimum absolute atomic E-state index is 0.953. The molecular weight excluding hydrogens is 466 g/mol. The van der Waals surface area contributed by atoms with Gasteiger partial charge in [0.05, 0.1) is 21.6 Å². The highest BCUT2D eigenvalue weighted by atomic mass is 32.1. The van der Waals surface area contributed by atoms with E-state index in [-0.39, 0.29) is 0 Å². The molecule has 0 spiro atoms. The predicted octanol–water partition coefficient (Wildman–Crippen LogP) is 7.99. The second kappa shape index (κ2) is 7.87. The lowest BCUT2D eigenvalue weighted by Crippen LogP contribution is -2.12. The standard InChI is InChI=1S/C30H21N3S2/c1-18-20-11-3-5-15-26(20)34-29(18)31-23-17-24(22-13-8-10-19-9-7-12-21(23)28(19)22)32-30-33(2)25-14-4-6-16-27(25)35-30/h3-17H,1-2H3. The van der Waals surface area contributed by atoms with Gasteiger partial charge in [-0.3, -0.25) is 0 Å². The molecule has 1 aliphatic carbocycles. The van der Waals surface area contributed by atoms with Crippen LogP contribution in [-0.2, 0) is 7.05 Å². The molecule has 0 fully saturated rings. The molecule has 5 heteroatoms. The molecule has 0 saturated heterocycles. The SMILES string of the molecule is Cc1c(N=C2C=C(N=c3sc4ccccc4n3C)c3cccc4cccc2c34)sc2ccccc12. The van der Waals surface area contributed by atoms with Crippen molar-refractivity contribution >= 4 is 70.2 Å². The number of fused-ring (bicyclic) bond motifs is 2. The zero-order valence-corrected chi connectivity index (χ0v) is 21.0. The van der Waals surface area contributed by atoms with Crippen LogP contribution in [0, 0.1) is 6.92 Å². The van der Waals surface area contributed by atoms with E-state index >= 15 is 0 Å². The van der Waals surface area contributed by atoms with Gasteiger partial charge in [0.1, 0.15) is 5.00 Å². The van der Waals surface area contributed by atoms with Gasteiger partial charge in [-0.05, 0) is 47.5 Å². The van der Waals surface area contributed by atoms with E-state index in [0.717, 1.165) is 32.3 Å². The molecule has 0 unspecified atom stereocenters. The molecule has 2 heterocycles. The number of aryl methyl sites for hydroxylation is 2. The number of rotatable bonds is 2. The zero-order valence-electron chi connectivity index (χ0n) is 19.3. The Morgan fingerprint density at radius 2 is 1.46 bits per heavy atom. The Morgan fingerprint density at radius 1 is 0.714 bits per heavy atom. The number of benzene rings is 4. The van der Waals surface area contributed by atoms with Gasteiger partial charge in [0.2, 0.25) is 0 Å². The van der Waals surface area contributed by atoms with Gasteiger partial charge in [0.25, 0.3) is 0 Å². The Hall–Kier alpha value is -3.80. The molecule has 35 heavy (non-hydrogen) atoms. The third-order valence-corrected chi connectivity index (χ3v) is 8.98. The third-order valence-electron chi connectivity index (χ3n) is 6.70. The molecule has 1 aliphatic rings. The van der Waals surface area contributed by atoms with E-state index in [1.54, 1.807) is 22.7 Å². The molecule has 0 amide bonds. The largest absolute Gasteiger partial charge is 0.320 e. The molecule has 0 saturated carbocycles. The van der Waals surface area contributed by atoms with E-state index in [4.69, 9.17) is 9.98 Å². The number of aromatic nitrogens is 1. The van der Waals surface area contributed by atoms with Gasteiger partial charge in [-0.15, -0.1) is 11.3 Å². The monoisotopic (exact) mass is 487 g/mol. The van der Waals surface area contributed by atoms with Crippen LogP contribution in [0.3, 0.4) is 0 Å². The van der Waals surface area contributed by atoms with Gasteiger partial charge in [-0.1, -0.05) is 78.1 Å². The van der Waals surface area contributed by atoms with Gasteiger partial charge in [0.15, 0.2) is 4.80 Å². The zero-order chi connectivity index (χ0) is 23.5. The highest BCUT2D eigenvalue weighted by Gasteiger charge is 2.20. The summed E-state index contributed by atoms with van der Waals surface area (Å²) < 4.78 is 4.68. The van der Waals surface area contributed by atoms with Crippen molar-refractivity contribution in [2.45, 2.75) is 6.92 Å². The summed E-state index contributed by atoms with van der Waals surface area (Å²) in [6.07, 6.45) is 2.16. The number of nitrogens with zero attached hydrogens (tertiary/aromatic N) is 3. The lowest BCUT2D eigenvalue weighted by Gasteiger charge is -2.17. The number of aliphatic imine (C=N–C) groups is 1. The number of thiophene rings is 1. The Kier molecular flexibility index (Phi) is 4.62. The number of para-hydroxylation sites is 1. The minimum atomic E-state index is 0.953. The summed E-state index contributed by atoms with van der Waals surface area (Å²) >= 11 is 3.47. The van der Waals surface area contributed by atoms with Crippen molar-refractivity contribution < 1.29 is 0 Å². The molecule has 0 atom stereocenters. The van der Waals surface area contributed by atoms with Crippen LogP contribution in [0.5, 0.6) is 0 Å². The molecule has 3 nitrogen and oxygen atoms in total. The first-order valence-corrected chi connectivity index (χ1v) is 13.2. The Morgan fingerprint density at radius 3 is 2.26 bits per heavy atom. The van der Waals surface area contributed by atoms with Crippen molar-refractivity contribution in [3.63, 3.8) is 0 Å². The van der Waals surface area contributed by atoms with Crippen LogP contribution in [0.4, 0.5) is 5.00 Å². The summed E-state index contributed by atoms with van der Waals surface area (Å²) in [5.74, 6) is 0. The fourth-order valence-electron chi connectivity index (χ4n) is 4.91. The number of hydrogen-bond donors (Lipinski definition) is 0. The van der Waals surface area contributed by atoms with Crippen LogP contribution in [0.2, 0.25) is 0 Å². The van der Waals surface area contributed by atoms with E-state index in [2.05, 4.69) is 110 Å². The van der Waals surface area contributed by atoms with Gasteiger partial charge in [-0.2, -0.15) is 0 Å². The van der Waals surface area contributed by atoms with Crippen molar-refractivity contribution in [2.75, 3.05) is 0 Å². The molecule has 168 valence electrons. The molecular formula is C30H21N3S2. The normalized spacial score (nSPS) is 15.0. The fourth-order valence-corrected chi connectivity index (χ4v) is 7.03. The molecule has 0 radical (unpaired) electrons. The summed E-state index contributed by atoms with van der Waals surface area (Å²) in [6.45, 7) is 2.17. The Bertz CT molecular complexity index is 1920. The molecule has 2 aromatic heterocycles. The van der Waals surface area contributed by atoms with Crippen LogP contribution in [0.25, 0.3) is 36.8 Å². The third kappa shape index (κ3) is 3.23. The lowest BCUT2D eigenvalue weighted by molar-refractivity contribution is 0.913. The molecule has 0 bridgehead atoms. The first kappa shape index (κ1) is 20.6. The van der Waals surface area contributed by atoms with Gasteiger partial charge < -0.3 is 4.57 Å². The first-order chi connectivity index (χ1) is 17.2. The Labute approximate surface area is 210 Å². The second-order valence-electron chi connectivity index (χ2n) is 8.79. The van der Waals surface area contributed by atoms with Crippen LogP contribution in [0.1, 0.15) is 16.7 Å². The summed E-state index contributed by atoms with van der Waals surface area (Å²) in [5.41, 5.74) is 6.66. The highest BCUT2D eigenvalue weighted by molar-refractivity contribution is 7.22. The van der Waals surface area contributed by atoms with Crippen LogP contribution < -0.4 is 4.80 Å². The van der Waals surface area contributed by atoms with E-state index in [1.807, 2.05) is 0 Å². The quantitative estimate of drug-likeness (QED) is 0.237. The van der Waals surface area contributed by atoms with E-state index < -0.39 is 0 Å². The topological polar surface area (TPSA) is 29.6 Å². The van der Waals surface area contributed by atoms with Crippen molar-refractivity contribution in [1.29, 1.82) is 0 Å². The second-order valence-corrected chi connectivity index (χ2v) is 10.8. The van der Waals surface area contributed by atoms with Crippen LogP contribution in [0.15, 0.2) is 101 Å². The average molecular weight is 488 g/mol. The summed E-state index contributed by atoms with van der Waals surface area (Å²) in [5, 5.41) is 4.76. The summed E-state index contributed by atoms with van der Waals surface area (Å²) in [6, 6.07) is 29.9. The highest BCUT2D eigenvalue weighted by Crippen LogP contribution is 2.40. The average Bonchev–Trinajstić information content (AvgIpc) is 3.38. The van der Waals surface area contributed by atoms with Crippen molar-refractivity contribution in [1.82, 2.24) is 4.57 Å². The number of allylic oxidation sites excluding steroid dienone is 1. The molecule has 4 aromatic carbocycles. The maximum atomic E-state index is 5.23. The number of thiazole rings is 1. The lowest BCUT2D eigenvalue weighted by atomic mass is 9.90. The smallest absolute Gasteiger partial charge is 0.190 e. The number of hydrogen-bond acceptors (Lipinski definition) is 4. The summed E-state index contributed by atoms with van der Waals surface area (Å²) in [7, 11) is 2.09. The van der Waals surface area contributed by atoms with E-state index in [0.29, 0.717) is 0 Å². The van der Waals surface area contributed by atoms with Gasteiger partial charge >= 0.3 is 0 Å². The predicted molar refractivity (Wildman–Crippen MR) is 151 cm³/mol. The first-order valence-electron chi connectivity index (χ1n) is 11.6. The van der Waals surface area contributed by atoms with Gasteiger partial charge in [0, 0.05) is 28.3 Å². The molecule has 7 rings (SSSR count). The molecule has 0 aliphatic heterocycles. The molecule has 0 N–H and O–H groups in total. The maximum Gasteiger partial charge on any atom is 0.190 e. The van der Waals surface area contributed by atoms with Crippen LogP contribution >= 0.6 is 22.7 Å². The van der Waals surface area contributed by atoms with Gasteiger partial charge in [-0.25, -0.2) is 9.98 Å². The van der Waals surface area contributed by atoms with E-state index in [1.165, 1.54) is 36.6 Å². The Balaban J connectivity index is 1.51. The minimum Gasteiger partial charge on any atom is -0.320 e. The van der Waals surface area contributed by atoms with Crippen molar-refractivity contribution in [3.05, 3.63) is 112 Å². The maximum absolute atomic E-state index is 5.23. The van der Waals surface area contributed by atoms with Crippen molar-refractivity contribution in [2.24, 2.45) is 17.0 Å². The van der Waals surface area contributed by atoms with Crippen molar-refractivity contribution in [3.8, 4) is 0 Å². The van der Waals surface area contributed by atoms with E-state index in [9.17, 15) is 0 Å². The van der Waals surface area contributed by atoms with Crippen LogP contribution in [-0.4, -0.2) is 10.3 Å².